The van der Waals surface area contributed by atoms with E-state index in [0.29, 0.717) is 0 Å². The van der Waals surface area contributed by atoms with E-state index in [1.54, 1.807) is 0 Å². The van der Waals surface area contributed by atoms with Crippen LogP contribution in [-0.2, 0) is 4.74 Å². The van der Waals surface area contributed by atoms with Crippen molar-refractivity contribution in [2.75, 3.05) is 26.4 Å². The van der Waals surface area contributed by atoms with Crippen molar-refractivity contribution in [2.45, 2.75) is 0 Å². The molecule has 0 unspecified atom stereocenters. The molecule has 1 aromatic heterocycles. The van der Waals surface area contributed by atoms with Gasteiger partial charge in [0.15, 0.2) is 5.76 Å². The minimum atomic E-state index is -0.721. The zero-order chi connectivity index (χ0) is 12.7. The number of amides is 1. The van der Waals surface area contributed by atoms with Gasteiger partial charge in [-0.25, -0.2) is 0 Å². The van der Waals surface area contributed by atoms with E-state index in [-0.39, 0.29) is 32.1 Å². The molecule has 0 spiro atoms. The Hall–Kier alpha value is -1.93. The molecule has 8 nitrogen and oxygen atoms in total. The van der Waals surface area contributed by atoms with E-state index in [1.807, 2.05) is 0 Å². The fourth-order valence-electron chi connectivity index (χ4n) is 1.04. The molecular formula is C9H12N2O6. The van der Waals surface area contributed by atoms with E-state index in [4.69, 9.17) is 14.3 Å². The van der Waals surface area contributed by atoms with Crippen LogP contribution < -0.4 is 5.32 Å². The molecule has 0 saturated carbocycles. The Kier molecular flexibility index (Phi) is 5.11. The number of furan rings is 1. The molecule has 0 aliphatic heterocycles. The number of carbonyl (C=O) groups is 1. The molecule has 1 aromatic rings. The van der Waals surface area contributed by atoms with Gasteiger partial charge in [0.1, 0.15) is 4.92 Å². The van der Waals surface area contributed by atoms with Crippen LogP contribution in [0.3, 0.4) is 0 Å². The van der Waals surface area contributed by atoms with E-state index in [2.05, 4.69) is 5.32 Å². The highest BCUT2D eigenvalue weighted by atomic mass is 16.6. The average molecular weight is 244 g/mol. The van der Waals surface area contributed by atoms with Gasteiger partial charge in [0.2, 0.25) is 0 Å². The first-order valence-corrected chi connectivity index (χ1v) is 4.86. The minimum Gasteiger partial charge on any atom is -0.395 e. The Morgan fingerprint density at radius 2 is 2.29 bits per heavy atom. The third-order valence-corrected chi connectivity index (χ3v) is 1.76. The van der Waals surface area contributed by atoms with Crippen molar-refractivity contribution in [3.05, 3.63) is 28.0 Å². The minimum absolute atomic E-state index is 0.0850. The summed E-state index contributed by atoms with van der Waals surface area (Å²) in [6, 6.07) is 2.33. The van der Waals surface area contributed by atoms with Crippen molar-refractivity contribution in [2.24, 2.45) is 0 Å². The van der Waals surface area contributed by atoms with Crippen LogP contribution in [0, 0.1) is 10.1 Å². The quantitative estimate of drug-likeness (QED) is 0.394. The standard InChI is InChI=1S/C9H12N2O6/c12-4-6-16-5-3-10-9(13)7-1-2-8(17-7)11(14)15/h1-2,12H,3-6H2,(H,10,13). The fraction of sp³-hybridized carbons (Fsp3) is 0.444. The molecule has 0 fully saturated rings. The average Bonchev–Trinajstić information content (AvgIpc) is 2.78. The first kappa shape index (κ1) is 13.1. The van der Waals surface area contributed by atoms with Gasteiger partial charge in [0, 0.05) is 6.54 Å². The maximum atomic E-state index is 11.4. The maximum absolute atomic E-state index is 11.4. The molecule has 0 radical (unpaired) electrons. The first-order valence-electron chi connectivity index (χ1n) is 4.86. The van der Waals surface area contributed by atoms with Crippen LogP contribution in [-0.4, -0.2) is 42.3 Å². The van der Waals surface area contributed by atoms with E-state index in [9.17, 15) is 14.9 Å². The van der Waals surface area contributed by atoms with Gasteiger partial charge < -0.3 is 19.6 Å². The monoisotopic (exact) mass is 244 g/mol. The number of rotatable bonds is 7. The summed E-state index contributed by atoms with van der Waals surface area (Å²) < 4.78 is 9.60. The molecule has 0 saturated heterocycles. The Morgan fingerprint density at radius 3 is 2.88 bits per heavy atom. The fourth-order valence-corrected chi connectivity index (χ4v) is 1.04. The first-order chi connectivity index (χ1) is 8.15. The van der Waals surface area contributed by atoms with Crippen molar-refractivity contribution < 1.29 is 24.0 Å². The molecule has 2 N–H and O–H groups in total. The Bertz CT molecular complexity index is 389. The number of nitrogens with zero attached hydrogens (tertiary/aromatic N) is 1. The lowest BCUT2D eigenvalue weighted by Gasteiger charge is -2.03. The molecule has 8 heteroatoms. The van der Waals surface area contributed by atoms with Gasteiger partial charge >= 0.3 is 5.88 Å². The summed E-state index contributed by atoms with van der Waals surface area (Å²) in [5, 5.41) is 21.2. The summed E-state index contributed by atoms with van der Waals surface area (Å²) in [5.41, 5.74) is 0. The van der Waals surface area contributed by atoms with Gasteiger partial charge in [-0.05, 0) is 6.07 Å². The third-order valence-electron chi connectivity index (χ3n) is 1.76. The number of hydrogen-bond donors (Lipinski definition) is 2. The lowest BCUT2D eigenvalue weighted by molar-refractivity contribution is -0.402. The second-order valence-electron chi connectivity index (χ2n) is 2.99. The maximum Gasteiger partial charge on any atom is 0.433 e. The van der Waals surface area contributed by atoms with Crippen molar-refractivity contribution >= 4 is 11.8 Å². The van der Waals surface area contributed by atoms with Crippen LogP contribution in [0.4, 0.5) is 5.88 Å². The highest BCUT2D eigenvalue weighted by Crippen LogP contribution is 2.15. The second-order valence-corrected chi connectivity index (χ2v) is 2.99. The molecular weight excluding hydrogens is 232 g/mol. The molecule has 94 valence electrons. The van der Waals surface area contributed by atoms with Crippen LogP contribution in [0.25, 0.3) is 0 Å². The van der Waals surface area contributed by atoms with Crippen LogP contribution in [0.2, 0.25) is 0 Å². The Labute approximate surface area is 96.3 Å². The Balaban J connectivity index is 2.34. The predicted octanol–water partition coefficient (Wildman–Crippen LogP) is -0.0735. The van der Waals surface area contributed by atoms with E-state index in [1.165, 1.54) is 6.07 Å². The highest BCUT2D eigenvalue weighted by Gasteiger charge is 2.16. The van der Waals surface area contributed by atoms with Gasteiger partial charge in [-0.1, -0.05) is 0 Å². The molecule has 0 aliphatic carbocycles. The second kappa shape index (κ2) is 6.61. The van der Waals surface area contributed by atoms with Gasteiger partial charge in [-0.15, -0.1) is 0 Å². The van der Waals surface area contributed by atoms with Crippen molar-refractivity contribution in [1.82, 2.24) is 5.32 Å². The lowest BCUT2D eigenvalue weighted by atomic mass is 10.4. The SMILES string of the molecule is O=C(NCCOCCO)c1ccc([N+](=O)[O-])o1. The molecule has 1 heterocycles. The van der Waals surface area contributed by atoms with Crippen molar-refractivity contribution in [3.63, 3.8) is 0 Å². The van der Waals surface area contributed by atoms with Gasteiger partial charge in [-0.3, -0.25) is 14.9 Å². The van der Waals surface area contributed by atoms with Gasteiger partial charge in [0.25, 0.3) is 5.91 Å². The van der Waals surface area contributed by atoms with Gasteiger partial charge in [0.05, 0.1) is 25.9 Å². The molecule has 17 heavy (non-hydrogen) atoms. The largest absolute Gasteiger partial charge is 0.433 e. The summed E-state index contributed by atoms with van der Waals surface area (Å²) in [4.78, 5) is 21.0. The van der Waals surface area contributed by atoms with Crippen LogP contribution in [0.1, 0.15) is 10.6 Å². The van der Waals surface area contributed by atoms with Crippen LogP contribution in [0.15, 0.2) is 16.5 Å². The number of ether oxygens (including phenoxy) is 1. The molecule has 0 bridgehead atoms. The zero-order valence-corrected chi connectivity index (χ0v) is 8.92. The van der Waals surface area contributed by atoms with Crippen LogP contribution >= 0.6 is 0 Å². The number of carbonyl (C=O) groups excluding carboxylic acids is 1. The van der Waals surface area contributed by atoms with Crippen LogP contribution in [0.5, 0.6) is 0 Å². The smallest absolute Gasteiger partial charge is 0.395 e. The molecule has 0 atom stereocenters. The molecule has 1 amide bonds. The molecule has 1 rings (SSSR count). The Morgan fingerprint density at radius 1 is 1.53 bits per heavy atom. The lowest BCUT2D eigenvalue weighted by Crippen LogP contribution is -2.27. The summed E-state index contributed by atoms with van der Waals surface area (Å²) >= 11 is 0. The number of hydrogen-bond acceptors (Lipinski definition) is 6. The van der Waals surface area contributed by atoms with E-state index in [0.717, 1.165) is 6.07 Å². The van der Waals surface area contributed by atoms with Crippen molar-refractivity contribution in [3.8, 4) is 0 Å². The summed E-state index contributed by atoms with van der Waals surface area (Å²) in [6.45, 7) is 0.586. The highest BCUT2D eigenvalue weighted by molar-refractivity contribution is 5.91. The van der Waals surface area contributed by atoms with Gasteiger partial charge in [-0.2, -0.15) is 0 Å². The predicted molar refractivity (Wildman–Crippen MR) is 55.6 cm³/mol. The summed E-state index contributed by atoms with van der Waals surface area (Å²) in [5.74, 6) is -1.16. The summed E-state index contributed by atoms with van der Waals surface area (Å²) in [6.07, 6.45) is 0. The topological polar surface area (TPSA) is 115 Å². The molecule has 0 aromatic carbocycles. The third kappa shape index (κ3) is 4.21. The number of aliphatic hydroxyl groups is 1. The van der Waals surface area contributed by atoms with E-state index < -0.39 is 16.7 Å². The van der Waals surface area contributed by atoms with E-state index >= 15 is 0 Å². The van der Waals surface area contributed by atoms with Crippen molar-refractivity contribution in [1.29, 1.82) is 0 Å². The summed E-state index contributed by atoms with van der Waals surface area (Å²) in [7, 11) is 0. The normalized spacial score (nSPS) is 10.2. The zero-order valence-electron chi connectivity index (χ0n) is 8.92. The molecule has 0 aliphatic rings. The number of aliphatic hydroxyl groups excluding tert-OH is 1. The number of nitrogens with one attached hydrogen (secondary N) is 1. The number of nitro groups is 1.